The van der Waals surface area contributed by atoms with E-state index in [1.165, 1.54) is 17.7 Å². The van der Waals surface area contributed by atoms with E-state index in [-0.39, 0.29) is 11.9 Å². The Morgan fingerprint density at radius 2 is 2.32 bits per heavy atom. The van der Waals surface area contributed by atoms with Gasteiger partial charge in [-0.2, -0.15) is 0 Å². The van der Waals surface area contributed by atoms with Gasteiger partial charge in [-0.15, -0.1) is 11.3 Å². The fourth-order valence-corrected chi connectivity index (χ4v) is 3.04. The number of ether oxygens (including phenoxy) is 1. The second-order valence-electron chi connectivity index (χ2n) is 5.03. The molecule has 8 heteroatoms. The first kappa shape index (κ1) is 14.9. The van der Waals surface area contributed by atoms with E-state index in [9.17, 15) is 4.79 Å². The van der Waals surface area contributed by atoms with Crippen molar-refractivity contribution in [1.82, 2.24) is 19.9 Å². The standard InChI is InChI=1S/C14H17N5O2S/c1-9(12(20)18-14-15-4-6-22-14)19-5-3-11-10(7-19)13(21-2)17-8-16-11/h4,6,8-9H,3,5,7H2,1-2H3,(H,15,18,20)/t9-/m0/s1. The first-order valence-electron chi connectivity index (χ1n) is 7.00. The summed E-state index contributed by atoms with van der Waals surface area (Å²) < 4.78 is 5.30. The van der Waals surface area contributed by atoms with Gasteiger partial charge < -0.3 is 10.1 Å². The summed E-state index contributed by atoms with van der Waals surface area (Å²) in [6, 6.07) is -0.262. The van der Waals surface area contributed by atoms with E-state index >= 15 is 0 Å². The molecule has 0 bridgehead atoms. The van der Waals surface area contributed by atoms with E-state index in [1.54, 1.807) is 13.3 Å². The zero-order valence-electron chi connectivity index (χ0n) is 12.4. The maximum absolute atomic E-state index is 12.3. The average Bonchev–Trinajstić information content (AvgIpc) is 3.05. The molecule has 0 aliphatic carbocycles. The Kier molecular flexibility index (Phi) is 4.30. The van der Waals surface area contributed by atoms with Crippen LogP contribution in [0.1, 0.15) is 18.2 Å². The molecule has 0 spiro atoms. The van der Waals surface area contributed by atoms with Gasteiger partial charge in [0.25, 0.3) is 0 Å². The molecule has 0 radical (unpaired) electrons. The molecular formula is C14H17N5O2S. The predicted molar refractivity (Wildman–Crippen MR) is 82.9 cm³/mol. The Bertz CT molecular complexity index is 647. The summed E-state index contributed by atoms with van der Waals surface area (Å²) >= 11 is 1.41. The summed E-state index contributed by atoms with van der Waals surface area (Å²) in [7, 11) is 1.60. The highest BCUT2D eigenvalue weighted by atomic mass is 32.1. The van der Waals surface area contributed by atoms with E-state index in [0.29, 0.717) is 17.6 Å². The molecule has 1 aliphatic rings. The van der Waals surface area contributed by atoms with Crippen molar-refractivity contribution in [2.45, 2.75) is 25.9 Å². The maximum atomic E-state index is 12.3. The minimum Gasteiger partial charge on any atom is -0.481 e. The number of nitrogens with zero attached hydrogens (tertiary/aromatic N) is 4. The number of amides is 1. The lowest BCUT2D eigenvalue weighted by molar-refractivity contribution is -0.121. The monoisotopic (exact) mass is 319 g/mol. The van der Waals surface area contributed by atoms with Gasteiger partial charge >= 0.3 is 0 Å². The highest BCUT2D eigenvalue weighted by Gasteiger charge is 2.28. The number of anilines is 1. The summed E-state index contributed by atoms with van der Waals surface area (Å²) in [6.45, 7) is 3.27. The summed E-state index contributed by atoms with van der Waals surface area (Å²) in [5, 5.41) is 5.29. The van der Waals surface area contributed by atoms with Crippen LogP contribution < -0.4 is 10.1 Å². The van der Waals surface area contributed by atoms with Crippen molar-refractivity contribution in [3.63, 3.8) is 0 Å². The number of nitrogens with one attached hydrogen (secondary N) is 1. The van der Waals surface area contributed by atoms with E-state index in [2.05, 4.69) is 25.2 Å². The molecular weight excluding hydrogens is 302 g/mol. The Morgan fingerprint density at radius 3 is 3.05 bits per heavy atom. The number of rotatable bonds is 4. The molecule has 3 rings (SSSR count). The van der Waals surface area contributed by atoms with Crippen molar-refractivity contribution < 1.29 is 9.53 Å². The van der Waals surface area contributed by atoms with Crippen LogP contribution >= 0.6 is 11.3 Å². The van der Waals surface area contributed by atoms with Crippen molar-refractivity contribution in [3.05, 3.63) is 29.2 Å². The predicted octanol–water partition coefficient (Wildman–Crippen LogP) is 1.33. The lowest BCUT2D eigenvalue weighted by atomic mass is 10.0. The average molecular weight is 319 g/mol. The Hall–Kier alpha value is -2.06. The van der Waals surface area contributed by atoms with E-state index in [0.717, 1.165) is 24.2 Å². The van der Waals surface area contributed by atoms with Crippen LogP contribution in [0.5, 0.6) is 5.88 Å². The van der Waals surface area contributed by atoms with Crippen molar-refractivity contribution in [2.24, 2.45) is 0 Å². The Balaban J connectivity index is 1.72. The molecule has 7 nitrogen and oxygen atoms in total. The van der Waals surface area contributed by atoms with Crippen molar-refractivity contribution in [3.8, 4) is 5.88 Å². The fraction of sp³-hybridized carbons (Fsp3) is 0.429. The van der Waals surface area contributed by atoms with Gasteiger partial charge in [-0.1, -0.05) is 0 Å². The molecule has 2 aromatic heterocycles. The molecule has 1 N–H and O–H groups in total. The molecule has 0 saturated carbocycles. The van der Waals surface area contributed by atoms with Gasteiger partial charge in [0.15, 0.2) is 5.13 Å². The van der Waals surface area contributed by atoms with Gasteiger partial charge in [-0.05, 0) is 6.92 Å². The van der Waals surface area contributed by atoms with Crippen LogP contribution in [0.4, 0.5) is 5.13 Å². The minimum absolute atomic E-state index is 0.0609. The van der Waals surface area contributed by atoms with Crippen molar-refractivity contribution in [2.75, 3.05) is 19.0 Å². The number of aromatic nitrogens is 3. The first-order chi connectivity index (χ1) is 10.7. The van der Waals surface area contributed by atoms with E-state index in [4.69, 9.17) is 4.74 Å². The molecule has 0 unspecified atom stereocenters. The largest absolute Gasteiger partial charge is 0.481 e. The Labute approximate surface area is 132 Å². The van der Waals surface area contributed by atoms with Gasteiger partial charge in [-0.3, -0.25) is 9.69 Å². The van der Waals surface area contributed by atoms with Gasteiger partial charge in [-0.25, -0.2) is 15.0 Å². The summed E-state index contributed by atoms with van der Waals surface area (Å²) in [5.74, 6) is 0.524. The van der Waals surface area contributed by atoms with Crippen molar-refractivity contribution in [1.29, 1.82) is 0 Å². The lowest BCUT2D eigenvalue weighted by Crippen LogP contribution is -2.44. The number of hydrogen-bond donors (Lipinski definition) is 1. The van der Waals surface area contributed by atoms with Gasteiger partial charge in [0.2, 0.25) is 11.8 Å². The van der Waals surface area contributed by atoms with Crippen molar-refractivity contribution >= 4 is 22.4 Å². The number of carbonyl (C=O) groups is 1. The highest BCUT2D eigenvalue weighted by molar-refractivity contribution is 7.13. The van der Waals surface area contributed by atoms with Crippen LogP contribution in [-0.4, -0.2) is 45.5 Å². The van der Waals surface area contributed by atoms with Gasteiger partial charge in [0, 0.05) is 36.7 Å². The number of thiazole rings is 1. The number of hydrogen-bond acceptors (Lipinski definition) is 7. The van der Waals surface area contributed by atoms with E-state index < -0.39 is 0 Å². The summed E-state index contributed by atoms with van der Waals surface area (Å²) in [6.07, 6.45) is 3.97. The molecule has 116 valence electrons. The molecule has 3 heterocycles. The number of methoxy groups -OCH3 is 1. The lowest BCUT2D eigenvalue weighted by Gasteiger charge is -2.32. The number of fused-ring (bicyclic) bond motifs is 1. The zero-order chi connectivity index (χ0) is 15.5. The molecule has 22 heavy (non-hydrogen) atoms. The molecule has 1 aliphatic heterocycles. The molecule has 0 aromatic carbocycles. The zero-order valence-corrected chi connectivity index (χ0v) is 13.3. The Morgan fingerprint density at radius 1 is 1.45 bits per heavy atom. The maximum Gasteiger partial charge on any atom is 0.243 e. The third-order valence-corrected chi connectivity index (χ3v) is 4.46. The topological polar surface area (TPSA) is 80.2 Å². The van der Waals surface area contributed by atoms with Crippen LogP contribution in [0.15, 0.2) is 17.9 Å². The van der Waals surface area contributed by atoms with Crippen LogP contribution in [0.25, 0.3) is 0 Å². The third kappa shape index (κ3) is 2.93. The van der Waals surface area contributed by atoms with Crippen LogP contribution in [0, 0.1) is 0 Å². The SMILES string of the molecule is COc1ncnc2c1CN([C@@H](C)C(=O)Nc1nccs1)CC2. The summed E-state index contributed by atoms with van der Waals surface area (Å²) in [4.78, 5) is 26.9. The smallest absolute Gasteiger partial charge is 0.243 e. The second-order valence-corrected chi connectivity index (χ2v) is 5.93. The third-order valence-electron chi connectivity index (χ3n) is 3.78. The van der Waals surface area contributed by atoms with Crippen LogP contribution in [0.2, 0.25) is 0 Å². The van der Waals surface area contributed by atoms with Gasteiger partial charge in [0.1, 0.15) is 6.33 Å². The molecule has 0 saturated heterocycles. The van der Waals surface area contributed by atoms with E-state index in [1.807, 2.05) is 12.3 Å². The molecule has 1 amide bonds. The fourth-order valence-electron chi connectivity index (χ4n) is 2.50. The minimum atomic E-state index is -0.262. The molecule has 2 aromatic rings. The van der Waals surface area contributed by atoms with Crippen LogP contribution in [0.3, 0.4) is 0 Å². The molecule has 0 fully saturated rings. The quantitative estimate of drug-likeness (QED) is 0.916. The number of carbonyl (C=O) groups excluding carboxylic acids is 1. The normalized spacial score (nSPS) is 15.9. The first-order valence-corrected chi connectivity index (χ1v) is 7.88. The van der Waals surface area contributed by atoms with Gasteiger partial charge in [0.05, 0.1) is 18.8 Å². The van der Waals surface area contributed by atoms with Crippen LogP contribution in [-0.2, 0) is 17.8 Å². The molecule has 1 atom stereocenters. The summed E-state index contributed by atoms with van der Waals surface area (Å²) in [5.41, 5.74) is 1.96. The second kappa shape index (κ2) is 6.37. The highest BCUT2D eigenvalue weighted by Crippen LogP contribution is 2.25.